The van der Waals surface area contributed by atoms with E-state index in [4.69, 9.17) is 37.6 Å². The van der Waals surface area contributed by atoms with E-state index in [-0.39, 0.29) is 33.8 Å². The van der Waals surface area contributed by atoms with Crippen LogP contribution in [0.3, 0.4) is 0 Å². The van der Waals surface area contributed by atoms with Gasteiger partial charge in [0.05, 0.1) is 28.5 Å². The normalized spacial score (nSPS) is 13.0. The molecule has 0 amide bonds. The maximum Gasteiger partial charge on any atom is 0.342 e. The van der Waals surface area contributed by atoms with Crippen molar-refractivity contribution in [3.05, 3.63) is 87.7 Å². The Labute approximate surface area is 256 Å². The monoisotopic (exact) mass is 639 g/mol. The van der Waals surface area contributed by atoms with Gasteiger partial charge in [-0.25, -0.2) is 4.79 Å². The van der Waals surface area contributed by atoms with Gasteiger partial charge in [-0.05, 0) is 68.1 Å². The van der Waals surface area contributed by atoms with Crippen molar-refractivity contribution in [2.45, 2.75) is 63.2 Å². The number of unbranched alkanes of at least 4 members (excludes halogenated alkanes) is 5. The molecule has 0 saturated heterocycles. The number of rotatable bonds is 18. The van der Waals surface area contributed by atoms with Crippen molar-refractivity contribution in [3.8, 4) is 11.5 Å². The molecule has 1 atom stereocenters. The number of carboxylic acid groups (broad SMARTS) is 1. The number of carboxylic acids is 1. The Kier molecular flexibility index (Phi) is 12.9. The van der Waals surface area contributed by atoms with Crippen LogP contribution in [0.15, 0.2) is 60.7 Å². The van der Waals surface area contributed by atoms with Gasteiger partial charge >= 0.3 is 16.1 Å². The zero-order valence-electron chi connectivity index (χ0n) is 23.6. The number of methoxy groups -OCH3 is 1. The molecule has 0 aliphatic heterocycles. The number of hydrogen-bond donors (Lipinski definition) is 1. The number of para-hydroxylation sites is 1. The Hall–Kier alpha value is -2.89. The molecule has 228 valence electrons. The zero-order chi connectivity index (χ0) is 30.6. The predicted octanol–water partition coefficient (Wildman–Crippen LogP) is 7.14. The summed E-state index contributed by atoms with van der Waals surface area (Å²) in [6, 6.07) is 17.0. The van der Waals surface area contributed by atoms with Crippen LogP contribution in [-0.4, -0.2) is 38.2 Å². The summed E-state index contributed by atoms with van der Waals surface area (Å²) < 4.78 is 40.6. The molecule has 0 bridgehead atoms. The molecule has 0 fully saturated rings. The van der Waals surface area contributed by atoms with E-state index in [0.29, 0.717) is 6.42 Å². The first-order valence-corrected chi connectivity index (χ1v) is 15.9. The molecule has 3 aromatic rings. The SMILES string of the molecule is COc1ccc(CCCCCCCCOC(C)(C(=O)O)c2cccc(CS(=O)(=O)OOc3c(Cl)cccc3Cl)n2)cc1. The van der Waals surface area contributed by atoms with Gasteiger partial charge in [0.25, 0.3) is 0 Å². The highest BCUT2D eigenvalue weighted by Crippen LogP contribution is 2.33. The average molecular weight is 641 g/mol. The van der Waals surface area contributed by atoms with Crippen LogP contribution in [-0.2, 0) is 41.8 Å². The smallest absolute Gasteiger partial charge is 0.342 e. The van der Waals surface area contributed by atoms with Crippen LogP contribution in [0.2, 0.25) is 10.0 Å². The number of benzene rings is 2. The highest BCUT2D eigenvalue weighted by Gasteiger charge is 2.38. The van der Waals surface area contributed by atoms with Gasteiger partial charge < -0.3 is 19.5 Å². The van der Waals surface area contributed by atoms with Crippen LogP contribution < -0.4 is 9.62 Å². The van der Waals surface area contributed by atoms with E-state index in [9.17, 15) is 18.3 Å². The summed E-state index contributed by atoms with van der Waals surface area (Å²) in [4.78, 5) is 21.3. The third kappa shape index (κ3) is 10.1. The summed E-state index contributed by atoms with van der Waals surface area (Å²) >= 11 is 11.9. The highest BCUT2D eigenvalue weighted by atomic mass is 35.5. The first-order chi connectivity index (χ1) is 20.0. The Bertz CT molecular complexity index is 1400. The molecule has 2 aromatic carbocycles. The lowest BCUT2D eigenvalue weighted by Crippen LogP contribution is -2.37. The van der Waals surface area contributed by atoms with E-state index in [0.717, 1.165) is 44.3 Å². The van der Waals surface area contributed by atoms with Crippen LogP contribution in [0.1, 0.15) is 62.4 Å². The number of carbonyl (C=O) groups is 1. The molecule has 1 unspecified atom stereocenters. The summed E-state index contributed by atoms with van der Waals surface area (Å²) in [6.45, 7) is 1.61. The lowest BCUT2D eigenvalue weighted by molar-refractivity contribution is -0.166. The van der Waals surface area contributed by atoms with Gasteiger partial charge in [-0.2, -0.15) is 8.42 Å². The number of aryl methyl sites for hydroxylation is 1. The second-order valence-corrected chi connectivity index (χ2v) is 12.2. The second kappa shape index (κ2) is 16.1. The average Bonchev–Trinajstić information content (AvgIpc) is 2.96. The van der Waals surface area contributed by atoms with E-state index in [1.54, 1.807) is 13.2 Å². The van der Waals surface area contributed by atoms with Crippen LogP contribution in [0.4, 0.5) is 0 Å². The summed E-state index contributed by atoms with van der Waals surface area (Å²) in [6.07, 6.45) is 6.91. The van der Waals surface area contributed by atoms with E-state index in [1.165, 1.54) is 42.8 Å². The van der Waals surface area contributed by atoms with Gasteiger partial charge in [-0.3, -0.25) is 4.98 Å². The molecule has 42 heavy (non-hydrogen) atoms. The van der Waals surface area contributed by atoms with E-state index in [2.05, 4.69) is 21.5 Å². The Morgan fingerprint density at radius 2 is 1.52 bits per heavy atom. The van der Waals surface area contributed by atoms with Crippen molar-refractivity contribution in [3.63, 3.8) is 0 Å². The molecule has 0 aliphatic rings. The largest absolute Gasteiger partial charge is 0.497 e. The third-order valence-corrected chi connectivity index (χ3v) is 8.10. The van der Waals surface area contributed by atoms with E-state index < -0.39 is 27.4 Å². The van der Waals surface area contributed by atoms with E-state index >= 15 is 0 Å². The maximum absolute atomic E-state index is 12.5. The molecule has 1 heterocycles. The molecular weight excluding hydrogens is 605 g/mol. The minimum Gasteiger partial charge on any atom is -0.497 e. The van der Waals surface area contributed by atoms with Gasteiger partial charge in [0.2, 0.25) is 11.4 Å². The molecule has 1 aromatic heterocycles. The number of pyridine rings is 1. The van der Waals surface area contributed by atoms with Gasteiger partial charge in [-0.15, -0.1) is 0 Å². The topological polar surface area (TPSA) is 121 Å². The van der Waals surface area contributed by atoms with Gasteiger partial charge in [0.1, 0.15) is 11.5 Å². The molecular formula is C30H35Cl2NO8S. The molecule has 9 nitrogen and oxygen atoms in total. The fourth-order valence-corrected chi connectivity index (χ4v) is 5.33. The fourth-order valence-electron chi connectivity index (χ4n) is 4.13. The Morgan fingerprint density at radius 1 is 0.905 bits per heavy atom. The number of nitrogens with zero attached hydrogens (tertiary/aromatic N) is 1. The second-order valence-electron chi connectivity index (χ2n) is 9.82. The molecule has 1 N–H and O–H groups in total. The predicted molar refractivity (Wildman–Crippen MR) is 160 cm³/mol. The van der Waals surface area contributed by atoms with Gasteiger partial charge in [0, 0.05) is 6.61 Å². The number of halogens is 2. The molecule has 0 aliphatic carbocycles. The van der Waals surface area contributed by atoms with Crippen LogP contribution in [0.5, 0.6) is 11.5 Å². The number of ether oxygens (including phenoxy) is 2. The molecule has 0 spiro atoms. The minimum atomic E-state index is -4.30. The molecule has 0 saturated carbocycles. The third-order valence-electron chi connectivity index (χ3n) is 6.58. The van der Waals surface area contributed by atoms with Crippen molar-refractivity contribution in [2.75, 3.05) is 13.7 Å². The summed E-state index contributed by atoms with van der Waals surface area (Å²) in [7, 11) is -2.64. The standard InChI is InChI=1S/C30H35Cl2NO8S/c1-30(29(34)35,39-20-8-6-4-3-5-7-11-22-16-18-24(38-2)19-17-22)27-15-9-12-23(33-27)21-42(36,37)41-40-28-25(31)13-10-14-26(28)32/h9-10,12-19H,3-8,11,20-21H2,1-2H3,(H,34,35). The Balaban J connectivity index is 1.45. The van der Waals surface area contributed by atoms with Gasteiger partial charge in [-0.1, -0.05) is 77.5 Å². The lowest BCUT2D eigenvalue weighted by atomic mass is 10.0. The summed E-state index contributed by atoms with van der Waals surface area (Å²) in [5.41, 5.74) is -0.362. The number of aromatic nitrogens is 1. The lowest BCUT2D eigenvalue weighted by Gasteiger charge is -2.25. The van der Waals surface area contributed by atoms with Crippen molar-refractivity contribution in [2.24, 2.45) is 0 Å². The number of aliphatic carboxylic acids is 1. The molecule has 3 rings (SSSR count). The zero-order valence-corrected chi connectivity index (χ0v) is 25.9. The quantitative estimate of drug-likeness (QED) is 0.0879. The summed E-state index contributed by atoms with van der Waals surface area (Å²) in [5, 5.41) is 10.1. The molecule has 12 heteroatoms. The van der Waals surface area contributed by atoms with Gasteiger partial charge in [0.15, 0.2) is 0 Å². The van der Waals surface area contributed by atoms with E-state index in [1.807, 2.05) is 12.1 Å². The van der Waals surface area contributed by atoms with Crippen LogP contribution in [0, 0.1) is 0 Å². The van der Waals surface area contributed by atoms with Crippen LogP contribution >= 0.6 is 23.2 Å². The first-order valence-electron chi connectivity index (χ1n) is 13.5. The van der Waals surface area contributed by atoms with Crippen molar-refractivity contribution in [1.29, 1.82) is 0 Å². The van der Waals surface area contributed by atoms with Crippen LogP contribution in [0.25, 0.3) is 0 Å². The molecule has 0 radical (unpaired) electrons. The summed E-state index contributed by atoms with van der Waals surface area (Å²) in [5.74, 6) is -1.21. The van der Waals surface area contributed by atoms with Crippen molar-refractivity contribution < 1.29 is 37.0 Å². The van der Waals surface area contributed by atoms with Crippen molar-refractivity contribution in [1.82, 2.24) is 4.98 Å². The fraction of sp³-hybridized carbons (Fsp3) is 0.400. The number of hydrogen-bond acceptors (Lipinski definition) is 8. The minimum absolute atomic E-state index is 0.0482. The highest BCUT2D eigenvalue weighted by molar-refractivity contribution is 7.85. The first kappa shape index (κ1) is 33.6. The Morgan fingerprint density at radius 3 is 2.17 bits per heavy atom. The maximum atomic E-state index is 12.5. The van der Waals surface area contributed by atoms with Crippen molar-refractivity contribution >= 4 is 39.3 Å².